The third kappa shape index (κ3) is 5.14. The summed E-state index contributed by atoms with van der Waals surface area (Å²) in [5.74, 6) is 0. The summed E-state index contributed by atoms with van der Waals surface area (Å²) in [6.45, 7) is 4.88. The van der Waals surface area contributed by atoms with Crippen molar-refractivity contribution >= 4 is 22.5 Å². The van der Waals surface area contributed by atoms with Gasteiger partial charge in [0, 0.05) is 44.1 Å². The highest BCUT2D eigenvalue weighted by Gasteiger charge is 2.15. The number of carbonyl (C=O) groups is 1. The number of nitrogens with zero attached hydrogens (tertiary/aromatic N) is 2. The summed E-state index contributed by atoms with van der Waals surface area (Å²) in [5, 5.41) is 17.8. The molecule has 1 aliphatic heterocycles. The average Bonchev–Trinajstić information content (AvgIpc) is 3.17. The van der Waals surface area contributed by atoms with Crippen LogP contribution in [0.3, 0.4) is 0 Å². The molecular formula is C15H26N4O2S. The zero-order chi connectivity index (χ0) is 15.8. The molecule has 3 N–H and O–H groups in total. The van der Waals surface area contributed by atoms with Crippen LogP contribution in [-0.4, -0.2) is 48.4 Å². The number of nitrogens with one attached hydrogen (secondary N) is 2. The molecule has 0 aromatic carbocycles. The van der Waals surface area contributed by atoms with E-state index in [1.807, 2.05) is 6.92 Å². The number of carbonyl (C=O) groups excluding carboxylic acids is 1. The first-order valence-corrected chi connectivity index (χ1v) is 8.95. The Kier molecular flexibility index (Phi) is 6.92. The molecule has 1 aromatic heterocycles. The van der Waals surface area contributed by atoms with E-state index >= 15 is 0 Å². The number of amides is 2. The van der Waals surface area contributed by atoms with Gasteiger partial charge in [0.15, 0.2) is 5.13 Å². The van der Waals surface area contributed by atoms with Gasteiger partial charge >= 0.3 is 6.03 Å². The van der Waals surface area contributed by atoms with Crippen LogP contribution in [0.2, 0.25) is 0 Å². The number of aliphatic hydroxyl groups excluding tert-OH is 1. The van der Waals surface area contributed by atoms with Gasteiger partial charge in [-0.15, -0.1) is 11.3 Å². The summed E-state index contributed by atoms with van der Waals surface area (Å²) in [7, 11) is 0. The van der Waals surface area contributed by atoms with Crippen molar-refractivity contribution in [2.45, 2.75) is 45.1 Å². The van der Waals surface area contributed by atoms with E-state index < -0.39 is 0 Å². The van der Waals surface area contributed by atoms with Gasteiger partial charge in [-0.25, -0.2) is 9.78 Å². The minimum absolute atomic E-state index is 0.0334. The summed E-state index contributed by atoms with van der Waals surface area (Å²) in [4.78, 5) is 18.7. The highest BCUT2D eigenvalue weighted by Crippen LogP contribution is 2.24. The van der Waals surface area contributed by atoms with Crippen LogP contribution in [-0.2, 0) is 6.42 Å². The van der Waals surface area contributed by atoms with Gasteiger partial charge in [0.05, 0.1) is 5.69 Å². The Morgan fingerprint density at radius 2 is 2.27 bits per heavy atom. The second kappa shape index (κ2) is 8.95. The maximum absolute atomic E-state index is 11.8. The third-order valence-corrected chi connectivity index (χ3v) is 4.84. The standard InChI is InChI=1S/C15H26N4O2S/c1-2-12(6-10-20)17-14(21)16-7-5-13-11-22-15(18-13)19-8-3-4-9-19/h11-12,20H,2-10H2,1H3,(H2,16,17,21). The molecule has 0 spiro atoms. The van der Waals surface area contributed by atoms with Gasteiger partial charge in [0.2, 0.25) is 0 Å². The van der Waals surface area contributed by atoms with Crippen LogP contribution in [0.25, 0.3) is 0 Å². The van der Waals surface area contributed by atoms with Gasteiger partial charge in [-0.3, -0.25) is 0 Å². The van der Waals surface area contributed by atoms with Crippen molar-refractivity contribution in [3.05, 3.63) is 11.1 Å². The molecule has 0 radical (unpaired) electrons. The van der Waals surface area contributed by atoms with Crippen molar-refractivity contribution in [1.82, 2.24) is 15.6 Å². The molecular weight excluding hydrogens is 300 g/mol. The molecule has 2 rings (SSSR count). The Labute approximate surface area is 135 Å². The first-order chi connectivity index (χ1) is 10.7. The minimum atomic E-state index is -0.171. The number of anilines is 1. The second-order valence-electron chi connectivity index (χ2n) is 5.58. The Bertz CT molecular complexity index is 460. The molecule has 0 bridgehead atoms. The van der Waals surface area contributed by atoms with E-state index in [-0.39, 0.29) is 18.7 Å². The first-order valence-electron chi connectivity index (χ1n) is 8.07. The van der Waals surface area contributed by atoms with Crippen molar-refractivity contribution in [3.8, 4) is 0 Å². The molecule has 1 atom stereocenters. The van der Waals surface area contributed by atoms with Crippen LogP contribution in [0.4, 0.5) is 9.93 Å². The van der Waals surface area contributed by atoms with Crippen LogP contribution in [0, 0.1) is 0 Å². The number of aromatic nitrogens is 1. The second-order valence-corrected chi connectivity index (χ2v) is 6.42. The van der Waals surface area contributed by atoms with Gasteiger partial charge < -0.3 is 20.6 Å². The number of thiazole rings is 1. The van der Waals surface area contributed by atoms with Crippen molar-refractivity contribution < 1.29 is 9.90 Å². The van der Waals surface area contributed by atoms with Gasteiger partial charge in [0.25, 0.3) is 0 Å². The van der Waals surface area contributed by atoms with E-state index in [1.165, 1.54) is 12.8 Å². The lowest BCUT2D eigenvalue weighted by Crippen LogP contribution is -2.42. The van der Waals surface area contributed by atoms with E-state index in [1.54, 1.807) is 11.3 Å². The summed E-state index contributed by atoms with van der Waals surface area (Å²) >= 11 is 1.69. The largest absolute Gasteiger partial charge is 0.396 e. The average molecular weight is 326 g/mol. The number of hydrogen-bond acceptors (Lipinski definition) is 5. The smallest absolute Gasteiger partial charge is 0.315 e. The predicted molar refractivity (Wildman–Crippen MR) is 89.6 cm³/mol. The lowest BCUT2D eigenvalue weighted by Gasteiger charge is -2.16. The van der Waals surface area contributed by atoms with E-state index in [4.69, 9.17) is 5.11 Å². The molecule has 22 heavy (non-hydrogen) atoms. The molecule has 0 saturated carbocycles. The fourth-order valence-electron chi connectivity index (χ4n) is 2.54. The van der Waals surface area contributed by atoms with E-state index in [2.05, 4.69) is 25.9 Å². The molecule has 1 saturated heterocycles. The fraction of sp³-hybridized carbons (Fsp3) is 0.733. The molecule has 124 valence electrons. The van der Waals surface area contributed by atoms with Gasteiger partial charge in [-0.1, -0.05) is 6.92 Å². The van der Waals surface area contributed by atoms with E-state index in [0.717, 1.165) is 36.8 Å². The lowest BCUT2D eigenvalue weighted by atomic mass is 10.2. The SMILES string of the molecule is CCC(CCO)NC(=O)NCCc1csc(N2CCCC2)n1. The number of aliphatic hydroxyl groups is 1. The van der Waals surface area contributed by atoms with Gasteiger partial charge in [-0.2, -0.15) is 0 Å². The Morgan fingerprint density at radius 1 is 1.50 bits per heavy atom. The molecule has 7 heteroatoms. The monoisotopic (exact) mass is 326 g/mol. The Balaban J connectivity index is 1.68. The van der Waals surface area contributed by atoms with Crippen LogP contribution in [0.5, 0.6) is 0 Å². The fourth-order valence-corrected chi connectivity index (χ4v) is 3.45. The maximum Gasteiger partial charge on any atom is 0.315 e. The molecule has 2 heterocycles. The van der Waals surface area contributed by atoms with Crippen molar-refractivity contribution in [3.63, 3.8) is 0 Å². The van der Waals surface area contributed by atoms with E-state index in [9.17, 15) is 4.79 Å². The Morgan fingerprint density at radius 3 is 2.95 bits per heavy atom. The first kappa shape index (κ1) is 17.0. The van der Waals surface area contributed by atoms with Crippen LogP contribution in [0.15, 0.2) is 5.38 Å². The number of urea groups is 1. The zero-order valence-electron chi connectivity index (χ0n) is 13.2. The zero-order valence-corrected chi connectivity index (χ0v) is 14.0. The van der Waals surface area contributed by atoms with E-state index in [0.29, 0.717) is 13.0 Å². The number of rotatable bonds is 8. The molecule has 2 amide bonds. The van der Waals surface area contributed by atoms with Crippen molar-refractivity contribution in [2.75, 3.05) is 31.1 Å². The van der Waals surface area contributed by atoms with Gasteiger partial charge in [-0.05, 0) is 25.7 Å². The van der Waals surface area contributed by atoms with Gasteiger partial charge in [0.1, 0.15) is 0 Å². The molecule has 1 aliphatic rings. The highest BCUT2D eigenvalue weighted by molar-refractivity contribution is 7.13. The van der Waals surface area contributed by atoms with Crippen LogP contribution in [0.1, 0.15) is 38.3 Å². The maximum atomic E-state index is 11.8. The highest BCUT2D eigenvalue weighted by atomic mass is 32.1. The topological polar surface area (TPSA) is 77.5 Å². The van der Waals surface area contributed by atoms with Crippen LogP contribution < -0.4 is 15.5 Å². The van der Waals surface area contributed by atoms with Crippen molar-refractivity contribution in [2.24, 2.45) is 0 Å². The lowest BCUT2D eigenvalue weighted by molar-refractivity contribution is 0.228. The quantitative estimate of drug-likeness (QED) is 0.680. The number of hydrogen-bond donors (Lipinski definition) is 3. The Hall–Kier alpha value is -1.34. The molecule has 1 aromatic rings. The molecule has 1 fully saturated rings. The summed E-state index contributed by atoms with van der Waals surface area (Å²) < 4.78 is 0. The summed E-state index contributed by atoms with van der Waals surface area (Å²) in [6, 6.07) is -0.138. The predicted octanol–water partition coefficient (Wildman–Crippen LogP) is 1.75. The van der Waals surface area contributed by atoms with Crippen LogP contribution >= 0.6 is 11.3 Å². The molecule has 0 aliphatic carbocycles. The third-order valence-electron chi connectivity index (χ3n) is 3.89. The summed E-state index contributed by atoms with van der Waals surface area (Å²) in [5.41, 5.74) is 1.04. The minimum Gasteiger partial charge on any atom is -0.396 e. The van der Waals surface area contributed by atoms with Crippen molar-refractivity contribution in [1.29, 1.82) is 0 Å². The summed E-state index contributed by atoms with van der Waals surface area (Å²) in [6.07, 6.45) is 4.66. The normalized spacial score (nSPS) is 15.8. The molecule has 6 nitrogen and oxygen atoms in total. The molecule has 1 unspecified atom stereocenters.